The van der Waals surface area contributed by atoms with Crippen LogP contribution in [-0.4, -0.2) is 18.2 Å². The van der Waals surface area contributed by atoms with E-state index < -0.39 is 0 Å². The van der Waals surface area contributed by atoms with E-state index in [1.54, 1.807) is 11.3 Å². The smallest absolute Gasteiger partial charge is 0.272 e. The van der Waals surface area contributed by atoms with Gasteiger partial charge in [0.05, 0.1) is 17.9 Å². The standard InChI is InChI=1S/C20H20N2O2S/c1-3-11-24-16-8-6-7-15(12-16)14(2)21-22-20(23)18-13-25-19-10-5-4-9-17(18)19/h4-10,12-13H,3,11H2,1-2H3,(H,22,23). The summed E-state index contributed by atoms with van der Waals surface area (Å²) in [5.41, 5.74) is 4.95. The van der Waals surface area contributed by atoms with Crippen molar-refractivity contribution in [2.24, 2.45) is 5.10 Å². The van der Waals surface area contributed by atoms with Crippen molar-refractivity contribution in [1.82, 2.24) is 5.43 Å². The number of carbonyl (C=O) groups excluding carboxylic acids is 1. The second-order valence-corrected chi connectivity index (χ2v) is 6.57. The largest absolute Gasteiger partial charge is 0.494 e. The highest BCUT2D eigenvalue weighted by molar-refractivity contribution is 7.17. The highest BCUT2D eigenvalue weighted by atomic mass is 32.1. The van der Waals surface area contributed by atoms with Gasteiger partial charge in [-0.15, -0.1) is 11.3 Å². The molecule has 0 aliphatic heterocycles. The van der Waals surface area contributed by atoms with E-state index in [2.05, 4.69) is 17.5 Å². The average molecular weight is 352 g/mol. The molecule has 1 aromatic heterocycles. The molecule has 4 nitrogen and oxygen atoms in total. The molecule has 0 spiro atoms. The van der Waals surface area contributed by atoms with Crippen molar-refractivity contribution in [3.05, 3.63) is 65.0 Å². The predicted octanol–water partition coefficient (Wildman–Crippen LogP) is 4.84. The molecule has 0 bridgehead atoms. The molecule has 1 amide bonds. The lowest BCUT2D eigenvalue weighted by molar-refractivity contribution is 0.0957. The van der Waals surface area contributed by atoms with Crippen LogP contribution < -0.4 is 10.2 Å². The molecule has 0 aliphatic carbocycles. The van der Waals surface area contributed by atoms with Crippen LogP contribution in [0, 0.1) is 0 Å². The van der Waals surface area contributed by atoms with Crippen LogP contribution in [0.5, 0.6) is 5.75 Å². The number of hydrazone groups is 1. The first-order valence-electron chi connectivity index (χ1n) is 8.23. The molecule has 3 aromatic rings. The number of amides is 1. The lowest BCUT2D eigenvalue weighted by Crippen LogP contribution is -2.19. The molecule has 128 valence electrons. The van der Waals surface area contributed by atoms with E-state index in [0.717, 1.165) is 33.5 Å². The van der Waals surface area contributed by atoms with Gasteiger partial charge >= 0.3 is 0 Å². The Morgan fingerprint density at radius 1 is 1.20 bits per heavy atom. The molecular formula is C20H20N2O2S. The Balaban J connectivity index is 1.73. The summed E-state index contributed by atoms with van der Waals surface area (Å²) in [4.78, 5) is 12.4. The maximum absolute atomic E-state index is 12.4. The van der Waals surface area contributed by atoms with Gasteiger partial charge in [-0.1, -0.05) is 37.3 Å². The van der Waals surface area contributed by atoms with E-state index in [1.165, 1.54) is 0 Å². The Morgan fingerprint density at radius 2 is 2.04 bits per heavy atom. The minimum atomic E-state index is -0.199. The van der Waals surface area contributed by atoms with E-state index in [-0.39, 0.29) is 5.91 Å². The summed E-state index contributed by atoms with van der Waals surface area (Å²) in [6.45, 7) is 4.62. The number of hydrogen-bond acceptors (Lipinski definition) is 4. The third-order valence-electron chi connectivity index (χ3n) is 3.78. The number of nitrogens with one attached hydrogen (secondary N) is 1. The van der Waals surface area contributed by atoms with Crippen LogP contribution in [0.4, 0.5) is 0 Å². The van der Waals surface area contributed by atoms with Crippen molar-refractivity contribution in [3.8, 4) is 5.75 Å². The second-order valence-electron chi connectivity index (χ2n) is 5.66. The van der Waals surface area contributed by atoms with E-state index in [1.807, 2.05) is 60.8 Å². The normalized spacial score (nSPS) is 11.5. The molecule has 0 fully saturated rings. The molecule has 0 atom stereocenters. The predicted molar refractivity (Wildman–Crippen MR) is 104 cm³/mol. The maximum Gasteiger partial charge on any atom is 0.272 e. The zero-order valence-corrected chi connectivity index (χ0v) is 15.1. The molecule has 0 unspecified atom stereocenters. The summed E-state index contributed by atoms with van der Waals surface area (Å²) < 4.78 is 6.73. The number of carbonyl (C=O) groups is 1. The fourth-order valence-corrected chi connectivity index (χ4v) is 3.38. The number of thiophene rings is 1. The summed E-state index contributed by atoms with van der Waals surface area (Å²) in [5.74, 6) is 0.610. The van der Waals surface area contributed by atoms with Crippen molar-refractivity contribution in [3.63, 3.8) is 0 Å². The fourth-order valence-electron chi connectivity index (χ4n) is 2.44. The van der Waals surface area contributed by atoms with Crippen LogP contribution in [0.25, 0.3) is 10.1 Å². The Morgan fingerprint density at radius 3 is 2.88 bits per heavy atom. The first-order chi connectivity index (χ1) is 12.2. The number of benzene rings is 2. The molecular weight excluding hydrogens is 332 g/mol. The van der Waals surface area contributed by atoms with E-state index >= 15 is 0 Å². The Hall–Kier alpha value is -2.66. The zero-order valence-electron chi connectivity index (χ0n) is 14.3. The van der Waals surface area contributed by atoms with Crippen LogP contribution in [0.3, 0.4) is 0 Å². The lowest BCUT2D eigenvalue weighted by atomic mass is 10.1. The van der Waals surface area contributed by atoms with E-state index in [9.17, 15) is 4.79 Å². The highest BCUT2D eigenvalue weighted by Crippen LogP contribution is 2.25. The minimum absolute atomic E-state index is 0.199. The van der Waals surface area contributed by atoms with Gasteiger partial charge in [-0.05, 0) is 31.5 Å². The minimum Gasteiger partial charge on any atom is -0.494 e. The van der Waals surface area contributed by atoms with Crippen LogP contribution in [-0.2, 0) is 0 Å². The Kier molecular flexibility index (Phi) is 5.46. The zero-order chi connectivity index (χ0) is 17.6. The Labute approximate surface area is 151 Å². The van der Waals surface area contributed by atoms with Crippen LogP contribution in [0.15, 0.2) is 59.0 Å². The summed E-state index contributed by atoms with van der Waals surface area (Å²) >= 11 is 1.56. The topological polar surface area (TPSA) is 50.7 Å². The Bertz CT molecular complexity index is 915. The third-order valence-corrected chi connectivity index (χ3v) is 4.74. The van der Waals surface area contributed by atoms with Gasteiger partial charge in [-0.3, -0.25) is 4.79 Å². The number of fused-ring (bicyclic) bond motifs is 1. The first kappa shape index (κ1) is 17.2. The SMILES string of the molecule is CCCOc1cccc(C(C)=NNC(=O)c2csc3ccccc23)c1. The van der Waals surface area contributed by atoms with Crippen molar-refractivity contribution >= 4 is 33.0 Å². The van der Waals surface area contributed by atoms with Crippen LogP contribution in [0.2, 0.25) is 0 Å². The lowest BCUT2D eigenvalue weighted by Gasteiger charge is -2.07. The first-order valence-corrected chi connectivity index (χ1v) is 9.11. The van der Waals surface area contributed by atoms with Gasteiger partial charge in [-0.25, -0.2) is 5.43 Å². The van der Waals surface area contributed by atoms with Gasteiger partial charge in [-0.2, -0.15) is 5.10 Å². The van der Waals surface area contributed by atoms with Gasteiger partial charge in [0.15, 0.2) is 0 Å². The fraction of sp³-hybridized carbons (Fsp3) is 0.200. The molecule has 1 N–H and O–H groups in total. The van der Waals surface area contributed by atoms with Crippen molar-refractivity contribution in [1.29, 1.82) is 0 Å². The highest BCUT2D eigenvalue weighted by Gasteiger charge is 2.11. The van der Waals surface area contributed by atoms with Gasteiger partial charge in [0.25, 0.3) is 5.91 Å². The van der Waals surface area contributed by atoms with Gasteiger partial charge in [0.1, 0.15) is 5.75 Å². The van der Waals surface area contributed by atoms with E-state index in [4.69, 9.17) is 4.74 Å². The quantitative estimate of drug-likeness (QED) is 0.509. The van der Waals surface area contributed by atoms with Crippen LogP contribution in [0.1, 0.15) is 36.2 Å². The van der Waals surface area contributed by atoms with Crippen molar-refractivity contribution in [2.45, 2.75) is 20.3 Å². The molecule has 0 radical (unpaired) electrons. The number of nitrogens with zero attached hydrogens (tertiary/aromatic N) is 1. The number of ether oxygens (including phenoxy) is 1. The molecule has 0 saturated heterocycles. The number of hydrogen-bond donors (Lipinski definition) is 1. The van der Waals surface area contributed by atoms with Gasteiger partial charge < -0.3 is 4.74 Å². The maximum atomic E-state index is 12.4. The summed E-state index contributed by atoms with van der Waals surface area (Å²) in [7, 11) is 0. The second kappa shape index (κ2) is 7.94. The third kappa shape index (κ3) is 4.06. The molecule has 2 aromatic carbocycles. The molecule has 5 heteroatoms. The molecule has 1 heterocycles. The molecule has 0 saturated carbocycles. The average Bonchev–Trinajstić information content (AvgIpc) is 3.08. The summed E-state index contributed by atoms with van der Waals surface area (Å²) in [5, 5.41) is 7.06. The summed E-state index contributed by atoms with van der Waals surface area (Å²) in [6, 6.07) is 15.6. The summed E-state index contributed by atoms with van der Waals surface area (Å²) in [6.07, 6.45) is 0.960. The number of rotatable bonds is 6. The molecule has 3 rings (SSSR count). The monoisotopic (exact) mass is 352 g/mol. The molecule has 25 heavy (non-hydrogen) atoms. The van der Waals surface area contributed by atoms with Gasteiger partial charge in [0.2, 0.25) is 0 Å². The van der Waals surface area contributed by atoms with E-state index in [0.29, 0.717) is 12.2 Å². The van der Waals surface area contributed by atoms with Crippen molar-refractivity contribution < 1.29 is 9.53 Å². The van der Waals surface area contributed by atoms with Crippen LogP contribution >= 0.6 is 11.3 Å². The van der Waals surface area contributed by atoms with Gasteiger partial charge in [0, 0.05) is 21.0 Å². The molecule has 0 aliphatic rings. The van der Waals surface area contributed by atoms with Crippen molar-refractivity contribution in [2.75, 3.05) is 6.61 Å².